The first kappa shape index (κ1) is 18.7. The first-order chi connectivity index (χ1) is 13.1. The van der Waals surface area contributed by atoms with E-state index in [9.17, 15) is 0 Å². The number of fused-ring (bicyclic) bond motifs is 5. The lowest BCUT2D eigenvalue weighted by Gasteiger charge is -2.35. The Hall–Kier alpha value is -2.66. The van der Waals surface area contributed by atoms with Crippen molar-refractivity contribution in [3.8, 4) is 22.5 Å². The average molecular weight is 377 g/mol. The molecule has 2 aromatic carbocycles. The monoisotopic (exact) mass is 376 g/mol. The summed E-state index contributed by atoms with van der Waals surface area (Å²) in [5.74, 6) is 0. The molecule has 0 aliphatic carbocycles. The number of hydroxylamine groups is 1. The first-order valence-electron chi connectivity index (χ1n) is 9.76. The second-order valence-corrected chi connectivity index (χ2v) is 9.28. The molecule has 1 aliphatic rings. The molecule has 0 saturated heterocycles. The molecular formula is C23H28N4O. The molecule has 2 heterocycles. The molecular weight excluding hydrogens is 348 g/mol. The number of anilines is 1. The molecule has 4 rings (SSSR count). The Balaban J connectivity index is 2.05. The number of nitrogens with zero attached hydrogens (tertiary/aromatic N) is 4. The Morgan fingerprint density at radius 2 is 1.50 bits per heavy atom. The van der Waals surface area contributed by atoms with E-state index in [2.05, 4.69) is 100 Å². The van der Waals surface area contributed by atoms with Gasteiger partial charge in [-0.05, 0) is 53.2 Å². The molecule has 0 saturated carbocycles. The topological polar surface area (TPSA) is 43.2 Å². The Kier molecular flexibility index (Phi) is 4.31. The van der Waals surface area contributed by atoms with Crippen molar-refractivity contribution in [2.45, 2.75) is 59.2 Å². The predicted molar refractivity (Wildman–Crippen MR) is 113 cm³/mol. The zero-order valence-electron chi connectivity index (χ0n) is 17.5. The van der Waals surface area contributed by atoms with Crippen molar-refractivity contribution in [1.82, 2.24) is 15.0 Å². The third kappa shape index (κ3) is 3.31. The van der Waals surface area contributed by atoms with Gasteiger partial charge in [-0.1, -0.05) is 47.7 Å². The summed E-state index contributed by atoms with van der Waals surface area (Å²) in [5.41, 5.74) is 5.82. The van der Waals surface area contributed by atoms with Crippen LogP contribution < -0.4 is 5.06 Å². The van der Waals surface area contributed by atoms with E-state index in [4.69, 9.17) is 4.84 Å². The van der Waals surface area contributed by atoms with Crippen LogP contribution in [0.3, 0.4) is 0 Å². The van der Waals surface area contributed by atoms with Gasteiger partial charge in [-0.3, -0.25) is 4.84 Å². The molecule has 0 unspecified atom stereocenters. The second kappa shape index (κ2) is 6.45. The third-order valence-electron chi connectivity index (χ3n) is 4.70. The van der Waals surface area contributed by atoms with E-state index in [1.54, 1.807) is 0 Å². The summed E-state index contributed by atoms with van der Waals surface area (Å²) in [7, 11) is 0. The summed E-state index contributed by atoms with van der Waals surface area (Å²) in [4.78, 5) is 6.40. The Labute approximate surface area is 166 Å². The van der Waals surface area contributed by atoms with Gasteiger partial charge in [0.2, 0.25) is 0 Å². The maximum Gasteiger partial charge on any atom is 0.121 e. The molecule has 0 atom stereocenters. The fraction of sp³-hybridized carbons (Fsp3) is 0.391. The molecule has 0 N–H and O–H groups in total. The molecule has 0 amide bonds. The summed E-state index contributed by atoms with van der Waals surface area (Å²) in [5, 5.41) is 11.2. The molecule has 0 bridgehead atoms. The van der Waals surface area contributed by atoms with Crippen LogP contribution in [0.2, 0.25) is 0 Å². The van der Waals surface area contributed by atoms with E-state index in [1.807, 2.05) is 9.75 Å². The fourth-order valence-corrected chi connectivity index (χ4v) is 3.61. The molecule has 146 valence electrons. The van der Waals surface area contributed by atoms with Crippen LogP contribution in [0.5, 0.6) is 0 Å². The highest BCUT2D eigenvalue weighted by atomic mass is 16.7. The van der Waals surface area contributed by atoms with E-state index < -0.39 is 0 Å². The van der Waals surface area contributed by atoms with Gasteiger partial charge in [-0.25, -0.2) is 9.75 Å². The van der Waals surface area contributed by atoms with Crippen molar-refractivity contribution in [2.75, 3.05) is 5.06 Å². The molecule has 5 nitrogen and oxygen atoms in total. The fourth-order valence-electron chi connectivity index (χ4n) is 3.61. The Morgan fingerprint density at radius 3 is 2.18 bits per heavy atom. The zero-order valence-corrected chi connectivity index (χ0v) is 17.5. The van der Waals surface area contributed by atoms with Crippen LogP contribution in [-0.2, 0) is 16.9 Å². The molecule has 28 heavy (non-hydrogen) atoms. The molecule has 1 aromatic heterocycles. The summed E-state index contributed by atoms with van der Waals surface area (Å²) < 4.78 is 2.03. The van der Waals surface area contributed by atoms with Crippen molar-refractivity contribution in [2.24, 2.45) is 0 Å². The van der Waals surface area contributed by atoms with Gasteiger partial charge in [0.15, 0.2) is 0 Å². The molecule has 3 aromatic rings. The van der Waals surface area contributed by atoms with E-state index in [0.29, 0.717) is 6.54 Å². The van der Waals surface area contributed by atoms with Gasteiger partial charge in [0.25, 0.3) is 0 Å². The second-order valence-electron chi connectivity index (χ2n) is 9.28. The van der Waals surface area contributed by atoms with E-state index in [0.717, 1.165) is 28.2 Å². The third-order valence-corrected chi connectivity index (χ3v) is 4.70. The number of hydrogen-bond donors (Lipinski definition) is 0. The summed E-state index contributed by atoms with van der Waals surface area (Å²) in [6.45, 7) is 13.3. The van der Waals surface area contributed by atoms with Crippen LogP contribution in [-0.4, -0.2) is 20.6 Å². The molecule has 0 fully saturated rings. The van der Waals surface area contributed by atoms with Gasteiger partial charge in [0.05, 0.1) is 29.1 Å². The predicted octanol–water partition coefficient (Wildman–Crippen LogP) is 5.42. The standard InChI is InChI=1S/C23H28N4O/c1-22(2,3)27-21-18-13-9-10-14-19(18)26(28-23(4,5)6)15-16-11-7-8-12-17(16)20(21)24-25-27/h7-14H,15H2,1-6H3. The summed E-state index contributed by atoms with van der Waals surface area (Å²) >= 11 is 0. The quantitative estimate of drug-likeness (QED) is 0.569. The highest BCUT2D eigenvalue weighted by molar-refractivity contribution is 5.87. The SMILES string of the molecule is CC(C)(C)ON1Cc2ccccc2-c2nnn(C(C)(C)C)c2-c2ccccc21. The minimum absolute atomic E-state index is 0.197. The number of hydrogen-bond acceptors (Lipinski definition) is 4. The minimum atomic E-state index is -0.313. The smallest absolute Gasteiger partial charge is 0.121 e. The van der Waals surface area contributed by atoms with E-state index in [-0.39, 0.29) is 11.1 Å². The lowest BCUT2D eigenvalue weighted by Crippen LogP contribution is -2.34. The van der Waals surface area contributed by atoms with Gasteiger partial charge in [0, 0.05) is 11.1 Å². The molecule has 0 radical (unpaired) electrons. The van der Waals surface area contributed by atoms with Crippen LogP contribution in [0, 0.1) is 0 Å². The summed E-state index contributed by atoms with van der Waals surface area (Å²) in [6, 6.07) is 16.7. The van der Waals surface area contributed by atoms with Crippen LogP contribution >= 0.6 is 0 Å². The highest BCUT2D eigenvalue weighted by Crippen LogP contribution is 2.43. The molecule has 1 aliphatic heterocycles. The number of aromatic nitrogens is 3. The lowest BCUT2D eigenvalue weighted by atomic mass is 9.95. The van der Waals surface area contributed by atoms with Crippen molar-refractivity contribution in [3.63, 3.8) is 0 Å². The van der Waals surface area contributed by atoms with Crippen LogP contribution in [0.4, 0.5) is 5.69 Å². The van der Waals surface area contributed by atoms with Gasteiger partial charge in [-0.2, -0.15) is 0 Å². The summed E-state index contributed by atoms with van der Waals surface area (Å²) in [6.07, 6.45) is 0. The van der Waals surface area contributed by atoms with E-state index >= 15 is 0 Å². The minimum Gasteiger partial charge on any atom is -0.267 e. The number of benzene rings is 2. The number of para-hydroxylation sites is 1. The largest absolute Gasteiger partial charge is 0.267 e. The van der Waals surface area contributed by atoms with Crippen molar-refractivity contribution >= 4 is 5.69 Å². The molecule has 5 heteroatoms. The van der Waals surface area contributed by atoms with Crippen LogP contribution in [0.15, 0.2) is 48.5 Å². The Bertz CT molecular complexity index is 1010. The highest BCUT2D eigenvalue weighted by Gasteiger charge is 2.31. The maximum absolute atomic E-state index is 6.40. The van der Waals surface area contributed by atoms with Gasteiger partial charge < -0.3 is 0 Å². The van der Waals surface area contributed by atoms with Crippen molar-refractivity contribution in [1.29, 1.82) is 0 Å². The van der Waals surface area contributed by atoms with Gasteiger partial charge in [0.1, 0.15) is 5.69 Å². The normalized spacial score (nSPS) is 14.0. The van der Waals surface area contributed by atoms with Crippen LogP contribution in [0.25, 0.3) is 22.5 Å². The Morgan fingerprint density at radius 1 is 0.857 bits per heavy atom. The van der Waals surface area contributed by atoms with E-state index in [1.165, 1.54) is 5.56 Å². The maximum atomic E-state index is 6.40. The van der Waals surface area contributed by atoms with Gasteiger partial charge >= 0.3 is 0 Å². The first-order valence-corrected chi connectivity index (χ1v) is 9.76. The molecule has 0 spiro atoms. The van der Waals surface area contributed by atoms with Gasteiger partial charge in [-0.15, -0.1) is 5.10 Å². The average Bonchev–Trinajstić information content (AvgIpc) is 3.04. The zero-order chi connectivity index (χ0) is 20.1. The van der Waals surface area contributed by atoms with Crippen molar-refractivity contribution < 1.29 is 4.84 Å². The lowest BCUT2D eigenvalue weighted by molar-refractivity contribution is -0.0236. The van der Waals surface area contributed by atoms with Crippen LogP contribution in [0.1, 0.15) is 47.1 Å². The van der Waals surface area contributed by atoms with Crippen molar-refractivity contribution in [3.05, 3.63) is 54.1 Å². The number of rotatable bonds is 1.